The molecule has 1 aromatic heterocycles. The number of carboxylic acids is 1. The maximum atomic E-state index is 12.0. The van der Waals surface area contributed by atoms with Crippen LogP contribution in [0.1, 0.15) is 31.7 Å². The summed E-state index contributed by atoms with van der Waals surface area (Å²) in [6.45, 7) is 5.49. The lowest BCUT2D eigenvalue weighted by Gasteiger charge is -2.21. The van der Waals surface area contributed by atoms with Crippen LogP contribution in [-0.4, -0.2) is 22.0 Å². The molecule has 6 heteroatoms. The first-order chi connectivity index (χ1) is 9.75. The van der Waals surface area contributed by atoms with Gasteiger partial charge in [0.1, 0.15) is 0 Å². The van der Waals surface area contributed by atoms with Gasteiger partial charge >= 0.3 is 5.97 Å². The molecule has 1 aromatic carbocycles. The first-order valence-corrected chi connectivity index (χ1v) is 7.46. The highest BCUT2D eigenvalue weighted by molar-refractivity contribution is 7.18. The second kappa shape index (κ2) is 5.81. The molecular weight excluding hydrogens is 288 g/mol. The lowest BCUT2D eigenvalue weighted by Crippen LogP contribution is -2.24. The van der Waals surface area contributed by atoms with Crippen molar-refractivity contribution in [3.05, 3.63) is 23.2 Å². The monoisotopic (exact) mass is 306 g/mol. The molecule has 2 N–H and O–H groups in total. The summed E-state index contributed by atoms with van der Waals surface area (Å²) in [6, 6.07) is 5.57. The zero-order chi connectivity index (χ0) is 15.6. The topological polar surface area (TPSA) is 79.3 Å². The summed E-state index contributed by atoms with van der Waals surface area (Å²) < 4.78 is 1.02. The molecule has 0 fully saturated rings. The van der Waals surface area contributed by atoms with Crippen LogP contribution in [0.4, 0.5) is 5.69 Å². The maximum absolute atomic E-state index is 12.0. The van der Waals surface area contributed by atoms with Crippen molar-refractivity contribution in [3.8, 4) is 0 Å². The average Bonchev–Trinajstić information content (AvgIpc) is 2.65. The molecule has 0 unspecified atom stereocenters. The van der Waals surface area contributed by atoms with E-state index in [1.807, 2.05) is 25.1 Å². The number of carbonyl (C=O) groups is 2. The molecule has 0 saturated carbocycles. The van der Waals surface area contributed by atoms with E-state index in [1.165, 1.54) is 0 Å². The van der Waals surface area contributed by atoms with Gasteiger partial charge in [0.2, 0.25) is 5.91 Å². The number of carbonyl (C=O) groups excluding carboxylic acids is 1. The van der Waals surface area contributed by atoms with Crippen molar-refractivity contribution in [2.24, 2.45) is 5.41 Å². The quantitative estimate of drug-likeness (QED) is 0.887. The van der Waals surface area contributed by atoms with E-state index in [0.29, 0.717) is 5.69 Å². The fourth-order valence-electron chi connectivity index (χ4n) is 2.23. The van der Waals surface area contributed by atoms with Crippen molar-refractivity contribution < 1.29 is 14.7 Å². The van der Waals surface area contributed by atoms with E-state index in [2.05, 4.69) is 10.3 Å². The van der Waals surface area contributed by atoms with Gasteiger partial charge in [-0.1, -0.05) is 13.8 Å². The van der Waals surface area contributed by atoms with Crippen LogP contribution in [0, 0.1) is 12.3 Å². The van der Waals surface area contributed by atoms with Crippen LogP contribution >= 0.6 is 11.3 Å². The summed E-state index contributed by atoms with van der Waals surface area (Å²) in [7, 11) is 0. The Hall–Kier alpha value is -1.95. The van der Waals surface area contributed by atoms with Crippen molar-refractivity contribution in [1.82, 2.24) is 4.98 Å². The third-order valence-corrected chi connectivity index (χ3v) is 3.98. The van der Waals surface area contributed by atoms with Gasteiger partial charge in [-0.3, -0.25) is 9.59 Å². The Morgan fingerprint density at radius 1 is 1.33 bits per heavy atom. The number of rotatable bonds is 5. The first-order valence-electron chi connectivity index (χ1n) is 6.64. The molecule has 2 aromatic rings. The van der Waals surface area contributed by atoms with Crippen molar-refractivity contribution in [2.75, 3.05) is 5.32 Å². The van der Waals surface area contributed by atoms with Gasteiger partial charge in [-0.05, 0) is 30.5 Å². The highest BCUT2D eigenvalue weighted by Crippen LogP contribution is 2.27. The molecule has 1 amide bonds. The van der Waals surface area contributed by atoms with Crippen LogP contribution in [0.3, 0.4) is 0 Å². The number of aryl methyl sites for hydroxylation is 1. The minimum atomic E-state index is -0.894. The third-order valence-electron chi connectivity index (χ3n) is 3.05. The largest absolute Gasteiger partial charge is 0.481 e. The molecule has 2 rings (SSSR count). The van der Waals surface area contributed by atoms with Crippen molar-refractivity contribution in [3.63, 3.8) is 0 Å². The van der Waals surface area contributed by atoms with Crippen molar-refractivity contribution >= 4 is 39.1 Å². The molecule has 0 aliphatic carbocycles. The van der Waals surface area contributed by atoms with Crippen LogP contribution in [0.5, 0.6) is 0 Å². The summed E-state index contributed by atoms with van der Waals surface area (Å²) in [6.07, 6.45) is 0.131. The molecular formula is C15H18N2O3S. The molecule has 0 bridgehead atoms. The fourth-order valence-corrected chi connectivity index (χ4v) is 3.10. The molecule has 0 atom stereocenters. The number of fused-ring (bicyclic) bond motifs is 1. The zero-order valence-electron chi connectivity index (χ0n) is 12.3. The van der Waals surface area contributed by atoms with Crippen LogP contribution < -0.4 is 5.32 Å². The lowest BCUT2D eigenvalue weighted by atomic mass is 9.85. The number of hydrogen-bond acceptors (Lipinski definition) is 4. The van der Waals surface area contributed by atoms with Crippen LogP contribution in [0.2, 0.25) is 0 Å². The number of nitrogens with one attached hydrogen (secondary N) is 1. The van der Waals surface area contributed by atoms with Gasteiger partial charge in [0.05, 0.1) is 21.6 Å². The van der Waals surface area contributed by atoms with E-state index in [9.17, 15) is 9.59 Å². The normalized spacial score (nSPS) is 11.6. The summed E-state index contributed by atoms with van der Waals surface area (Å²) in [5.74, 6) is -1.07. The Labute approximate surface area is 127 Å². The molecule has 0 radical (unpaired) electrons. The molecule has 112 valence electrons. The Morgan fingerprint density at radius 2 is 2.05 bits per heavy atom. The molecule has 1 heterocycles. The number of nitrogens with zero attached hydrogens (tertiary/aromatic N) is 1. The van der Waals surface area contributed by atoms with Crippen LogP contribution in [0.15, 0.2) is 18.2 Å². The molecule has 0 spiro atoms. The predicted molar refractivity (Wildman–Crippen MR) is 83.6 cm³/mol. The highest BCUT2D eigenvalue weighted by atomic mass is 32.1. The third kappa shape index (κ3) is 4.26. The van der Waals surface area contributed by atoms with E-state index in [0.717, 1.165) is 15.2 Å². The maximum Gasteiger partial charge on any atom is 0.303 e. The predicted octanol–water partition coefficient (Wildman–Crippen LogP) is 3.43. The van der Waals surface area contributed by atoms with Gasteiger partial charge in [-0.25, -0.2) is 4.98 Å². The molecule has 21 heavy (non-hydrogen) atoms. The summed E-state index contributed by atoms with van der Waals surface area (Å²) >= 11 is 1.57. The zero-order valence-corrected chi connectivity index (χ0v) is 13.1. The second-order valence-electron chi connectivity index (χ2n) is 5.88. The Bertz CT molecular complexity index is 691. The number of benzene rings is 1. The molecule has 0 aliphatic rings. The number of anilines is 1. The van der Waals surface area contributed by atoms with E-state index < -0.39 is 11.4 Å². The number of amides is 1. The molecule has 0 aliphatic heterocycles. The van der Waals surface area contributed by atoms with E-state index in [1.54, 1.807) is 25.2 Å². The van der Waals surface area contributed by atoms with E-state index >= 15 is 0 Å². The second-order valence-corrected chi connectivity index (χ2v) is 7.11. The van der Waals surface area contributed by atoms with E-state index in [-0.39, 0.29) is 18.7 Å². The van der Waals surface area contributed by atoms with Gasteiger partial charge < -0.3 is 10.4 Å². The summed E-state index contributed by atoms with van der Waals surface area (Å²) in [5.41, 5.74) is 1.06. The van der Waals surface area contributed by atoms with Gasteiger partial charge in [0.15, 0.2) is 0 Å². The number of aromatic nitrogens is 1. The van der Waals surface area contributed by atoms with Crippen molar-refractivity contribution in [1.29, 1.82) is 0 Å². The summed E-state index contributed by atoms with van der Waals surface area (Å²) in [5, 5.41) is 12.6. The standard InChI is InChI=1S/C15H18N2O3S/c1-9-16-11-5-4-10(6-12(11)21-9)17-13(18)7-15(2,3)8-14(19)20/h4-6H,7-8H2,1-3H3,(H,17,18)(H,19,20). The Balaban J connectivity index is 2.05. The number of carboxylic acid groups (broad SMARTS) is 1. The Kier molecular flexibility index (Phi) is 4.27. The van der Waals surface area contributed by atoms with E-state index in [4.69, 9.17) is 5.11 Å². The van der Waals surface area contributed by atoms with Crippen LogP contribution in [-0.2, 0) is 9.59 Å². The number of hydrogen-bond donors (Lipinski definition) is 2. The smallest absolute Gasteiger partial charge is 0.303 e. The Morgan fingerprint density at radius 3 is 2.71 bits per heavy atom. The van der Waals surface area contributed by atoms with Gasteiger partial charge in [0.25, 0.3) is 0 Å². The summed E-state index contributed by atoms with van der Waals surface area (Å²) in [4.78, 5) is 27.2. The van der Waals surface area contributed by atoms with Gasteiger partial charge in [-0.2, -0.15) is 0 Å². The van der Waals surface area contributed by atoms with Gasteiger partial charge in [-0.15, -0.1) is 11.3 Å². The lowest BCUT2D eigenvalue weighted by molar-refractivity contribution is -0.139. The minimum Gasteiger partial charge on any atom is -0.481 e. The SMILES string of the molecule is Cc1nc2ccc(NC(=O)CC(C)(C)CC(=O)O)cc2s1. The number of aliphatic carboxylic acids is 1. The van der Waals surface area contributed by atoms with Gasteiger partial charge in [0, 0.05) is 12.1 Å². The minimum absolute atomic E-state index is 0.0342. The van der Waals surface area contributed by atoms with Crippen molar-refractivity contribution in [2.45, 2.75) is 33.6 Å². The van der Waals surface area contributed by atoms with Crippen LogP contribution in [0.25, 0.3) is 10.2 Å². The fraction of sp³-hybridized carbons (Fsp3) is 0.400. The first kappa shape index (κ1) is 15.4. The molecule has 0 saturated heterocycles. The molecule has 5 nitrogen and oxygen atoms in total. The highest BCUT2D eigenvalue weighted by Gasteiger charge is 2.25. The number of thiazole rings is 1. The average molecular weight is 306 g/mol.